The molecule has 0 radical (unpaired) electrons. The van der Waals surface area contributed by atoms with E-state index in [9.17, 15) is 0 Å². The number of aromatic amines is 1. The molecule has 1 N–H and O–H groups in total. The highest BCUT2D eigenvalue weighted by molar-refractivity contribution is 5.88. The van der Waals surface area contributed by atoms with Crippen LogP contribution in [-0.4, -0.2) is 39.1 Å². The van der Waals surface area contributed by atoms with Gasteiger partial charge in [-0.2, -0.15) is 0 Å². The number of likely N-dealkylation sites (tertiary alicyclic amines) is 1. The Balaban J connectivity index is 1.32. The van der Waals surface area contributed by atoms with Gasteiger partial charge in [-0.25, -0.2) is 4.98 Å². The molecule has 4 nitrogen and oxygen atoms in total. The SMILES string of the molecule is CN1C[C@@H](Cn2ccnc2-c2ccccc2)CC2c3cccc4[nH]cc(c34)C[C@H]21. The van der Waals surface area contributed by atoms with Gasteiger partial charge in [-0.1, -0.05) is 42.5 Å². The zero-order valence-electron chi connectivity index (χ0n) is 16.8. The summed E-state index contributed by atoms with van der Waals surface area (Å²) in [4.78, 5) is 10.7. The summed E-state index contributed by atoms with van der Waals surface area (Å²) in [7, 11) is 2.31. The lowest BCUT2D eigenvalue weighted by Crippen LogP contribution is -2.48. The molecule has 146 valence electrons. The first-order chi connectivity index (χ1) is 14.3. The van der Waals surface area contributed by atoms with Crippen molar-refractivity contribution in [2.75, 3.05) is 13.6 Å². The molecule has 3 heterocycles. The first-order valence-corrected chi connectivity index (χ1v) is 10.6. The molecule has 0 amide bonds. The molecule has 29 heavy (non-hydrogen) atoms. The Morgan fingerprint density at radius 2 is 2.00 bits per heavy atom. The average Bonchev–Trinajstić information content (AvgIpc) is 3.38. The summed E-state index contributed by atoms with van der Waals surface area (Å²) in [6.07, 6.45) is 8.70. The van der Waals surface area contributed by atoms with Crippen molar-refractivity contribution < 1.29 is 0 Å². The van der Waals surface area contributed by atoms with Crippen LogP contribution < -0.4 is 0 Å². The van der Waals surface area contributed by atoms with Crippen LogP contribution in [0.2, 0.25) is 0 Å². The number of imidazole rings is 1. The van der Waals surface area contributed by atoms with E-state index in [2.05, 4.69) is 87.4 Å². The van der Waals surface area contributed by atoms with Crippen LogP contribution >= 0.6 is 0 Å². The standard InChI is InChI=1S/C25H26N4/c1-28-15-17(16-29-11-10-26-25(29)18-6-3-2-4-7-18)12-21-20-8-5-9-22-24(20)19(14-27-22)13-23(21)28/h2-11,14,17,21,23,27H,12-13,15-16H2,1H3/t17-,21?,23+/m0/s1. The Morgan fingerprint density at radius 3 is 2.90 bits per heavy atom. The van der Waals surface area contributed by atoms with E-state index in [1.54, 1.807) is 5.56 Å². The molecule has 2 aromatic heterocycles. The van der Waals surface area contributed by atoms with Crippen molar-refractivity contribution in [1.29, 1.82) is 0 Å². The molecule has 1 aliphatic carbocycles. The van der Waals surface area contributed by atoms with E-state index in [-0.39, 0.29) is 0 Å². The van der Waals surface area contributed by atoms with Gasteiger partial charge in [0.25, 0.3) is 0 Å². The number of nitrogens with one attached hydrogen (secondary N) is 1. The molecular formula is C25H26N4. The number of H-pyrrole nitrogens is 1. The first-order valence-electron chi connectivity index (χ1n) is 10.6. The molecule has 1 fully saturated rings. The van der Waals surface area contributed by atoms with Gasteiger partial charge < -0.3 is 14.5 Å². The second kappa shape index (κ2) is 6.60. The number of piperidine rings is 1. The number of rotatable bonds is 3. The Labute approximate surface area is 171 Å². The summed E-state index contributed by atoms with van der Waals surface area (Å²) in [6, 6.07) is 17.9. The minimum atomic E-state index is 0.606. The molecule has 2 aromatic carbocycles. The quantitative estimate of drug-likeness (QED) is 0.558. The van der Waals surface area contributed by atoms with Crippen LogP contribution in [0.15, 0.2) is 67.1 Å². The number of likely N-dealkylation sites (N-methyl/N-ethyl adjacent to an activating group) is 1. The Morgan fingerprint density at radius 1 is 1.10 bits per heavy atom. The Kier molecular flexibility index (Phi) is 3.88. The van der Waals surface area contributed by atoms with Gasteiger partial charge in [0, 0.05) is 60.1 Å². The second-order valence-corrected chi connectivity index (χ2v) is 8.77. The summed E-state index contributed by atoms with van der Waals surface area (Å²) in [5, 5.41) is 1.48. The van der Waals surface area contributed by atoms with E-state index in [1.807, 2.05) is 6.20 Å². The zero-order chi connectivity index (χ0) is 19.4. The Hall–Kier alpha value is -2.85. The van der Waals surface area contributed by atoms with Crippen LogP contribution in [0.25, 0.3) is 22.3 Å². The molecule has 6 rings (SSSR count). The third kappa shape index (κ3) is 2.74. The number of hydrogen-bond acceptors (Lipinski definition) is 2. The fourth-order valence-electron chi connectivity index (χ4n) is 5.77. The van der Waals surface area contributed by atoms with E-state index >= 15 is 0 Å². The molecule has 4 heteroatoms. The maximum atomic E-state index is 4.65. The van der Waals surface area contributed by atoms with Gasteiger partial charge in [0.1, 0.15) is 5.82 Å². The van der Waals surface area contributed by atoms with Gasteiger partial charge in [-0.15, -0.1) is 0 Å². The molecule has 0 bridgehead atoms. The molecule has 1 unspecified atom stereocenters. The normalized spacial score (nSPS) is 24.0. The van der Waals surface area contributed by atoms with Gasteiger partial charge in [-0.3, -0.25) is 0 Å². The predicted octanol–water partition coefficient (Wildman–Crippen LogP) is 4.69. The van der Waals surface area contributed by atoms with Gasteiger partial charge >= 0.3 is 0 Å². The van der Waals surface area contributed by atoms with Crippen molar-refractivity contribution in [3.8, 4) is 11.4 Å². The maximum Gasteiger partial charge on any atom is 0.139 e. The predicted molar refractivity (Wildman–Crippen MR) is 117 cm³/mol. The minimum Gasteiger partial charge on any atom is -0.361 e. The van der Waals surface area contributed by atoms with Gasteiger partial charge in [-0.05, 0) is 43.0 Å². The fraction of sp³-hybridized carbons (Fsp3) is 0.320. The highest BCUT2D eigenvalue weighted by atomic mass is 15.2. The van der Waals surface area contributed by atoms with Crippen LogP contribution in [-0.2, 0) is 13.0 Å². The number of aromatic nitrogens is 3. The van der Waals surface area contributed by atoms with Crippen LogP contribution in [0.5, 0.6) is 0 Å². The Bertz CT molecular complexity index is 1160. The number of fused-ring (bicyclic) bond motifs is 2. The van der Waals surface area contributed by atoms with Crippen LogP contribution in [0.3, 0.4) is 0 Å². The topological polar surface area (TPSA) is 36.9 Å². The highest BCUT2D eigenvalue weighted by Crippen LogP contribution is 2.44. The van der Waals surface area contributed by atoms with E-state index < -0.39 is 0 Å². The van der Waals surface area contributed by atoms with E-state index in [4.69, 9.17) is 0 Å². The summed E-state index contributed by atoms with van der Waals surface area (Å²) in [5.41, 5.74) is 5.52. The molecule has 0 saturated carbocycles. The van der Waals surface area contributed by atoms with Crippen molar-refractivity contribution in [2.24, 2.45) is 5.92 Å². The van der Waals surface area contributed by atoms with Gasteiger partial charge in [0.15, 0.2) is 0 Å². The van der Waals surface area contributed by atoms with E-state index in [0.717, 1.165) is 25.3 Å². The zero-order valence-corrected chi connectivity index (χ0v) is 16.8. The van der Waals surface area contributed by atoms with Crippen LogP contribution in [0, 0.1) is 5.92 Å². The molecular weight excluding hydrogens is 356 g/mol. The summed E-state index contributed by atoms with van der Waals surface area (Å²) in [5.74, 6) is 2.30. The molecule has 1 aliphatic heterocycles. The number of hydrogen-bond donors (Lipinski definition) is 1. The van der Waals surface area contributed by atoms with E-state index in [1.165, 1.54) is 28.5 Å². The van der Waals surface area contributed by atoms with Crippen molar-refractivity contribution in [1.82, 2.24) is 19.4 Å². The number of nitrogens with zero attached hydrogens (tertiary/aromatic N) is 3. The third-order valence-electron chi connectivity index (χ3n) is 7.01. The van der Waals surface area contributed by atoms with Crippen molar-refractivity contribution >= 4 is 10.9 Å². The monoisotopic (exact) mass is 382 g/mol. The minimum absolute atomic E-state index is 0.606. The molecule has 2 aliphatic rings. The van der Waals surface area contributed by atoms with Crippen molar-refractivity contribution in [3.05, 3.63) is 78.2 Å². The molecule has 3 atom stereocenters. The smallest absolute Gasteiger partial charge is 0.139 e. The maximum absolute atomic E-state index is 4.65. The highest BCUT2D eigenvalue weighted by Gasteiger charge is 2.39. The lowest BCUT2D eigenvalue weighted by Gasteiger charge is -2.45. The van der Waals surface area contributed by atoms with Gasteiger partial charge in [0.2, 0.25) is 0 Å². The first kappa shape index (κ1) is 17.0. The number of benzene rings is 2. The fourth-order valence-corrected chi connectivity index (χ4v) is 5.77. The van der Waals surface area contributed by atoms with Crippen molar-refractivity contribution in [2.45, 2.75) is 31.3 Å². The summed E-state index contributed by atoms with van der Waals surface area (Å²) in [6.45, 7) is 2.16. The van der Waals surface area contributed by atoms with Crippen molar-refractivity contribution in [3.63, 3.8) is 0 Å². The largest absolute Gasteiger partial charge is 0.361 e. The summed E-state index contributed by atoms with van der Waals surface area (Å²) >= 11 is 0. The van der Waals surface area contributed by atoms with Crippen LogP contribution in [0.4, 0.5) is 0 Å². The third-order valence-corrected chi connectivity index (χ3v) is 7.01. The lowest BCUT2D eigenvalue weighted by atomic mass is 9.72. The van der Waals surface area contributed by atoms with Crippen LogP contribution in [0.1, 0.15) is 23.5 Å². The second-order valence-electron chi connectivity index (χ2n) is 8.77. The molecule has 0 spiro atoms. The summed E-state index contributed by atoms with van der Waals surface area (Å²) < 4.78 is 2.35. The lowest BCUT2D eigenvalue weighted by molar-refractivity contribution is 0.104. The molecule has 1 saturated heterocycles. The molecule has 4 aromatic rings. The van der Waals surface area contributed by atoms with E-state index in [0.29, 0.717) is 17.9 Å². The average molecular weight is 383 g/mol. The van der Waals surface area contributed by atoms with Gasteiger partial charge in [0.05, 0.1) is 0 Å².